The lowest BCUT2D eigenvalue weighted by atomic mass is 10.2. The molecule has 1 aromatic rings. The third-order valence-corrected chi connectivity index (χ3v) is 2.15. The van der Waals surface area contributed by atoms with Gasteiger partial charge in [-0.3, -0.25) is 4.79 Å². The van der Waals surface area contributed by atoms with Gasteiger partial charge in [-0.05, 0) is 25.2 Å². The zero-order valence-electron chi connectivity index (χ0n) is 8.31. The van der Waals surface area contributed by atoms with E-state index in [1.807, 2.05) is 0 Å². The first kappa shape index (κ1) is 11.9. The summed E-state index contributed by atoms with van der Waals surface area (Å²) in [6, 6.07) is 3.97. The van der Waals surface area contributed by atoms with Crippen LogP contribution in [-0.2, 0) is 0 Å². The number of rotatable bonds is 4. The van der Waals surface area contributed by atoms with E-state index in [2.05, 4.69) is 10.6 Å². The highest BCUT2D eigenvalue weighted by Crippen LogP contribution is 2.15. The van der Waals surface area contributed by atoms with Crippen LogP contribution in [0.2, 0.25) is 5.02 Å². The smallest absolute Gasteiger partial charge is 0.251 e. The summed E-state index contributed by atoms with van der Waals surface area (Å²) in [4.78, 5) is 11.4. The molecule has 1 amide bonds. The summed E-state index contributed by atoms with van der Waals surface area (Å²) in [5.74, 6) is -0.890. The Hall–Kier alpha value is -1.13. The van der Waals surface area contributed by atoms with Gasteiger partial charge in [0, 0.05) is 18.7 Å². The summed E-state index contributed by atoms with van der Waals surface area (Å²) in [6.07, 6.45) is 0. The number of hydrogen-bond acceptors (Lipinski definition) is 2. The van der Waals surface area contributed by atoms with Gasteiger partial charge in [0.15, 0.2) is 0 Å². The van der Waals surface area contributed by atoms with Crippen LogP contribution in [0.4, 0.5) is 4.39 Å². The Morgan fingerprint density at radius 2 is 2.20 bits per heavy atom. The van der Waals surface area contributed by atoms with Crippen LogP contribution >= 0.6 is 11.6 Å². The van der Waals surface area contributed by atoms with Crippen molar-refractivity contribution >= 4 is 17.5 Å². The van der Waals surface area contributed by atoms with Gasteiger partial charge in [-0.2, -0.15) is 0 Å². The monoisotopic (exact) mass is 230 g/mol. The summed E-state index contributed by atoms with van der Waals surface area (Å²) in [7, 11) is 1.79. The van der Waals surface area contributed by atoms with Gasteiger partial charge in [-0.1, -0.05) is 11.6 Å². The average Bonchev–Trinajstić information content (AvgIpc) is 2.22. The van der Waals surface area contributed by atoms with E-state index in [1.165, 1.54) is 12.1 Å². The van der Waals surface area contributed by atoms with Crippen LogP contribution in [0.15, 0.2) is 18.2 Å². The van der Waals surface area contributed by atoms with E-state index in [9.17, 15) is 9.18 Å². The normalized spacial score (nSPS) is 10.1. The number of carbonyl (C=O) groups is 1. The van der Waals surface area contributed by atoms with Crippen LogP contribution in [0.3, 0.4) is 0 Å². The molecular formula is C10H12ClFN2O. The van der Waals surface area contributed by atoms with Gasteiger partial charge in [0.25, 0.3) is 5.91 Å². The van der Waals surface area contributed by atoms with Gasteiger partial charge in [0.1, 0.15) is 5.82 Å². The first-order valence-corrected chi connectivity index (χ1v) is 4.91. The molecular weight excluding hydrogens is 219 g/mol. The highest BCUT2D eigenvalue weighted by molar-refractivity contribution is 6.30. The Labute approximate surface area is 92.6 Å². The lowest BCUT2D eigenvalue weighted by Gasteiger charge is -2.04. The maximum atomic E-state index is 13.0. The van der Waals surface area contributed by atoms with E-state index >= 15 is 0 Å². The molecule has 0 fully saturated rings. The molecule has 0 radical (unpaired) electrons. The predicted octanol–water partition coefficient (Wildman–Crippen LogP) is 1.43. The zero-order valence-corrected chi connectivity index (χ0v) is 9.07. The van der Waals surface area contributed by atoms with Crippen LogP contribution in [0, 0.1) is 5.82 Å². The quantitative estimate of drug-likeness (QED) is 0.769. The van der Waals surface area contributed by atoms with Crippen LogP contribution in [0.25, 0.3) is 0 Å². The lowest BCUT2D eigenvalue weighted by molar-refractivity contribution is 0.0953. The number of amides is 1. The largest absolute Gasteiger partial charge is 0.351 e. The molecule has 0 atom stereocenters. The molecule has 2 N–H and O–H groups in total. The highest BCUT2D eigenvalue weighted by Gasteiger charge is 2.07. The van der Waals surface area contributed by atoms with Gasteiger partial charge < -0.3 is 10.6 Å². The van der Waals surface area contributed by atoms with E-state index in [0.717, 1.165) is 6.07 Å². The number of nitrogens with one attached hydrogen (secondary N) is 2. The lowest BCUT2D eigenvalue weighted by Crippen LogP contribution is -2.30. The summed E-state index contributed by atoms with van der Waals surface area (Å²) in [5, 5.41) is 5.54. The van der Waals surface area contributed by atoms with Crippen LogP contribution in [0.5, 0.6) is 0 Å². The minimum absolute atomic E-state index is 0.0155. The fraction of sp³-hybridized carbons (Fsp3) is 0.300. The van der Waals surface area contributed by atoms with E-state index in [-0.39, 0.29) is 16.5 Å². The van der Waals surface area contributed by atoms with Gasteiger partial charge in [0.2, 0.25) is 0 Å². The molecule has 82 valence electrons. The van der Waals surface area contributed by atoms with Crippen molar-refractivity contribution < 1.29 is 9.18 Å². The van der Waals surface area contributed by atoms with Crippen molar-refractivity contribution in [2.75, 3.05) is 20.1 Å². The van der Waals surface area contributed by atoms with Crippen molar-refractivity contribution in [2.45, 2.75) is 0 Å². The number of hydrogen-bond donors (Lipinski definition) is 2. The molecule has 1 aromatic carbocycles. The van der Waals surface area contributed by atoms with Crippen molar-refractivity contribution in [2.24, 2.45) is 0 Å². The minimum atomic E-state index is -0.585. The SMILES string of the molecule is CNCCNC(=O)c1ccc(Cl)c(F)c1. The predicted molar refractivity (Wildman–Crippen MR) is 57.7 cm³/mol. The third-order valence-electron chi connectivity index (χ3n) is 1.84. The summed E-state index contributed by atoms with van der Waals surface area (Å²) in [5.41, 5.74) is 0.271. The number of likely N-dealkylation sites (N-methyl/N-ethyl adjacent to an activating group) is 1. The van der Waals surface area contributed by atoms with Gasteiger partial charge >= 0.3 is 0 Å². The van der Waals surface area contributed by atoms with E-state index in [1.54, 1.807) is 7.05 Å². The van der Waals surface area contributed by atoms with E-state index in [4.69, 9.17) is 11.6 Å². The second-order valence-corrected chi connectivity index (χ2v) is 3.40. The van der Waals surface area contributed by atoms with E-state index in [0.29, 0.717) is 13.1 Å². The Balaban J connectivity index is 2.62. The van der Waals surface area contributed by atoms with Crippen molar-refractivity contribution in [3.63, 3.8) is 0 Å². The molecule has 3 nitrogen and oxygen atoms in total. The molecule has 0 heterocycles. The third kappa shape index (κ3) is 3.49. The maximum Gasteiger partial charge on any atom is 0.251 e. The number of carbonyl (C=O) groups excluding carboxylic acids is 1. The Morgan fingerprint density at radius 1 is 1.47 bits per heavy atom. The molecule has 0 aliphatic rings. The molecule has 0 saturated heterocycles. The molecule has 5 heteroatoms. The minimum Gasteiger partial charge on any atom is -0.351 e. The first-order chi connectivity index (χ1) is 7.15. The summed E-state index contributed by atoms with van der Waals surface area (Å²) < 4.78 is 13.0. The Morgan fingerprint density at radius 3 is 2.80 bits per heavy atom. The van der Waals surface area contributed by atoms with Crippen molar-refractivity contribution in [3.8, 4) is 0 Å². The van der Waals surface area contributed by atoms with Crippen molar-refractivity contribution in [1.82, 2.24) is 10.6 Å². The van der Waals surface area contributed by atoms with Crippen molar-refractivity contribution in [3.05, 3.63) is 34.6 Å². The molecule has 0 unspecified atom stereocenters. The van der Waals surface area contributed by atoms with E-state index < -0.39 is 5.82 Å². The first-order valence-electron chi connectivity index (χ1n) is 4.53. The molecule has 0 bridgehead atoms. The van der Waals surface area contributed by atoms with Gasteiger partial charge in [-0.25, -0.2) is 4.39 Å². The van der Waals surface area contributed by atoms with Crippen LogP contribution in [0.1, 0.15) is 10.4 Å². The summed E-state index contributed by atoms with van der Waals surface area (Å²) >= 11 is 5.50. The maximum absolute atomic E-state index is 13.0. The Bertz CT molecular complexity index is 357. The second-order valence-electron chi connectivity index (χ2n) is 2.99. The standard InChI is InChI=1S/C10H12ClFN2O/c1-13-4-5-14-10(15)7-2-3-8(11)9(12)6-7/h2-3,6,13H,4-5H2,1H3,(H,14,15). The topological polar surface area (TPSA) is 41.1 Å². The van der Waals surface area contributed by atoms with Gasteiger partial charge in [0.05, 0.1) is 5.02 Å². The molecule has 1 rings (SSSR count). The highest BCUT2D eigenvalue weighted by atomic mass is 35.5. The van der Waals surface area contributed by atoms with Crippen molar-refractivity contribution in [1.29, 1.82) is 0 Å². The van der Waals surface area contributed by atoms with Gasteiger partial charge in [-0.15, -0.1) is 0 Å². The molecule has 0 aromatic heterocycles. The number of benzene rings is 1. The Kier molecular flexibility index (Phi) is 4.52. The average molecular weight is 231 g/mol. The molecule has 0 aliphatic heterocycles. The zero-order chi connectivity index (χ0) is 11.3. The summed E-state index contributed by atoms with van der Waals surface area (Å²) in [6.45, 7) is 1.17. The van der Waals surface area contributed by atoms with Crippen LogP contribution in [-0.4, -0.2) is 26.0 Å². The van der Waals surface area contributed by atoms with Crippen LogP contribution < -0.4 is 10.6 Å². The fourth-order valence-electron chi connectivity index (χ4n) is 1.04. The molecule has 0 saturated carbocycles. The molecule has 0 spiro atoms. The number of halogens is 2. The second kappa shape index (κ2) is 5.68. The fourth-order valence-corrected chi connectivity index (χ4v) is 1.16. The molecule has 15 heavy (non-hydrogen) atoms. The molecule has 0 aliphatic carbocycles.